The van der Waals surface area contributed by atoms with Crippen molar-refractivity contribution in [2.24, 2.45) is 5.92 Å². The first kappa shape index (κ1) is 33.2. The normalized spacial score (nSPS) is 17.9. The summed E-state index contributed by atoms with van der Waals surface area (Å²) in [6.45, 7) is 8.86. The molecule has 1 heterocycles. The van der Waals surface area contributed by atoms with Crippen LogP contribution >= 0.6 is 7.29 Å². The first-order chi connectivity index (χ1) is 18.9. The molecule has 1 unspecified atom stereocenters. The van der Waals surface area contributed by atoms with E-state index < -0.39 is 37.2 Å². The molecule has 0 aliphatic carbocycles. The molecule has 40 heavy (non-hydrogen) atoms. The highest BCUT2D eigenvalue weighted by atomic mass is 31.2. The number of aryl methyl sites for hydroxylation is 1. The van der Waals surface area contributed by atoms with Crippen LogP contribution in [0.5, 0.6) is 0 Å². The first-order valence-electron chi connectivity index (χ1n) is 14.1. The molecule has 1 aliphatic rings. The Kier molecular flexibility index (Phi) is 13.0. The molecule has 1 radical (unpaired) electrons. The van der Waals surface area contributed by atoms with Gasteiger partial charge in [0, 0.05) is 26.1 Å². The van der Waals surface area contributed by atoms with Crippen molar-refractivity contribution in [1.82, 2.24) is 20.2 Å². The second-order valence-corrected chi connectivity index (χ2v) is 13.8. The zero-order valence-corrected chi connectivity index (χ0v) is 25.2. The third-order valence-corrected chi connectivity index (χ3v) is 9.55. The van der Waals surface area contributed by atoms with Crippen molar-refractivity contribution in [2.45, 2.75) is 91.3 Å². The Morgan fingerprint density at radius 2 is 1.82 bits per heavy atom. The predicted octanol–water partition coefficient (Wildman–Crippen LogP) is 3.25. The van der Waals surface area contributed by atoms with E-state index in [9.17, 15) is 28.5 Å². The summed E-state index contributed by atoms with van der Waals surface area (Å²) in [6.07, 6.45) is 4.66. The Bertz CT molecular complexity index is 1080. The Balaban J connectivity index is 2.10. The summed E-state index contributed by atoms with van der Waals surface area (Å²) < 4.78 is 13.9. The van der Waals surface area contributed by atoms with E-state index in [2.05, 4.69) is 10.4 Å². The van der Waals surface area contributed by atoms with Gasteiger partial charge < -0.3 is 20.2 Å². The molecule has 0 bridgehead atoms. The molecule has 1 saturated heterocycles. The molecule has 2 N–H and O–H groups in total. The second kappa shape index (κ2) is 15.7. The van der Waals surface area contributed by atoms with Gasteiger partial charge in [0.25, 0.3) is 0 Å². The van der Waals surface area contributed by atoms with Crippen molar-refractivity contribution in [2.75, 3.05) is 19.0 Å². The van der Waals surface area contributed by atoms with Crippen LogP contribution in [0.3, 0.4) is 0 Å². The lowest BCUT2D eigenvalue weighted by Crippen LogP contribution is -2.52. The highest BCUT2D eigenvalue weighted by Crippen LogP contribution is 2.42. The molecule has 1 aliphatic heterocycles. The maximum atomic E-state index is 13.9. The Morgan fingerprint density at radius 1 is 1.15 bits per heavy atom. The largest absolute Gasteiger partial charge is 0.343 e. The van der Waals surface area contributed by atoms with E-state index in [1.54, 1.807) is 6.92 Å². The Labute approximate surface area is 238 Å². The Morgan fingerprint density at radius 3 is 2.40 bits per heavy atom. The monoisotopic (exact) mass is 575 g/mol. The lowest BCUT2D eigenvalue weighted by atomic mass is 10.0. The van der Waals surface area contributed by atoms with Crippen molar-refractivity contribution in [3.8, 4) is 0 Å². The van der Waals surface area contributed by atoms with Gasteiger partial charge in [-0.15, -0.1) is 0 Å². The smallest absolute Gasteiger partial charge is 0.247 e. The first-order valence-corrected chi connectivity index (χ1v) is 16.2. The number of rotatable bonds is 15. The third kappa shape index (κ3) is 9.88. The van der Waals surface area contributed by atoms with Gasteiger partial charge in [0.1, 0.15) is 12.1 Å². The Hall–Kier alpha value is -3.00. The minimum absolute atomic E-state index is 0.0567. The van der Waals surface area contributed by atoms with Crippen molar-refractivity contribution in [3.63, 3.8) is 0 Å². The van der Waals surface area contributed by atoms with E-state index in [-0.39, 0.29) is 36.6 Å². The standard InChI is InChI=1S/C29H44N4O6P/c1-6-40(39,31-28(37)22(4)30-29(38)26-15-11-17-32(26)23(5)35)20-33(25(19-34)18-21(2)3)27(36)16-10-14-24-12-8-7-9-13-24/h7-9,12-13,21-22,25-26H,6,10-11,14-18,20H2,1-5H3,(H,30,38)(H,31,37,39)/t22-,25-,26-,40?/m0/s1. The van der Waals surface area contributed by atoms with Gasteiger partial charge in [0.05, 0.1) is 12.3 Å². The number of amides is 4. The maximum absolute atomic E-state index is 13.9. The lowest BCUT2D eigenvalue weighted by Gasteiger charge is -2.33. The van der Waals surface area contributed by atoms with Gasteiger partial charge in [-0.3, -0.25) is 28.5 Å². The summed E-state index contributed by atoms with van der Waals surface area (Å²) in [5.74, 6) is -1.54. The predicted molar refractivity (Wildman–Crippen MR) is 154 cm³/mol. The van der Waals surface area contributed by atoms with Crippen LogP contribution < -0.4 is 10.4 Å². The maximum Gasteiger partial charge on any atom is 0.247 e. The number of likely N-dealkylation sites (tertiary alicyclic amines) is 1. The van der Waals surface area contributed by atoms with Crippen molar-refractivity contribution >= 4 is 37.2 Å². The fourth-order valence-electron chi connectivity index (χ4n) is 4.82. The van der Waals surface area contributed by atoms with Crippen LogP contribution in [0.15, 0.2) is 30.3 Å². The van der Waals surface area contributed by atoms with E-state index in [0.717, 1.165) is 5.56 Å². The molecule has 4 amide bonds. The van der Waals surface area contributed by atoms with Crippen LogP contribution in [0.1, 0.15) is 72.3 Å². The molecular weight excluding hydrogens is 531 g/mol. The van der Waals surface area contributed by atoms with Gasteiger partial charge in [-0.05, 0) is 50.5 Å². The van der Waals surface area contributed by atoms with Gasteiger partial charge in [-0.25, -0.2) is 0 Å². The number of hydrogen-bond donors (Lipinski definition) is 2. The molecule has 0 saturated carbocycles. The summed E-state index contributed by atoms with van der Waals surface area (Å²) in [4.78, 5) is 65.6. The fraction of sp³-hybridized carbons (Fsp3) is 0.621. The molecular formula is C29H44N4O6P. The van der Waals surface area contributed by atoms with Crippen LogP contribution in [-0.4, -0.2) is 76.8 Å². The summed E-state index contributed by atoms with van der Waals surface area (Å²) in [6, 6.07) is 7.20. The summed E-state index contributed by atoms with van der Waals surface area (Å²) in [7, 11) is -3.51. The number of carbonyl (C=O) groups excluding carboxylic acids is 5. The zero-order chi connectivity index (χ0) is 29.9. The van der Waals surface area contributed by atoms with E-state index >= 15 is 0 Å². The average Bonchev–Trinajstić information content (AvgIpc) is 3.42. The van der Waals surface area contributed by atoms with Gasteiger partial charge in [0.15, 0.2) is 7.29 Å². The minimum Gasteiger partial charge on any atom is -0.343 e. The molecule has 0 aromatic heterocycles. The number of benzene rings is 1. The molecule has 10 nitrogen and oxygen atoms in total. The molecule has 1 aromatic carbocycles. The van der Waals surface area contributed by atoms with Gasteiger partial charge in [-0.1, -0.05) is 51.1 Å². The number of nitrogens with one attached hydrogen (secondary N) is 2. The lowest BCUT2D eigenvalue weighted by molar-refractivity contribution is -0.137. The zero-order valence-electron chi connectivity index (χ0n) is 24.4. The highest BCUT2D eigenvalue weighted by Gasteiger charge is 2.36. The molecule has 2 rings (SSSR count). The molecule has 221 valence electrons. The van der Waals surface area contributed by atoms with Crippen LogP contribution in [0, 0.1) is 5.92 Å². The van der Waals surface area contributed by atoms with E-state index in [1.807, 2.05) is 50.5 Å². The fourth-order valence-corrected chi connectivity index (χ4v) is 6.69. The van der Waals surface area contributed by atoms with Crippen molar-refractivity contribution in [3.05, 3.63) is 35.9 Å². The third-order valence-electron chi connectivity index (χ3n) is 7.14. The van der Waals surface area contributed by atoms with Crippen LogP contribution in [0.2, 0.25) is 0 Å². The number of carbonyl (C=O) groups is 4. The van der Waals surface area contributed by atoms with E-state index in [4.69, 9.17) is 0 Å². The topological polar surface area (TPSA) is 133 Å². The molecule has 4 atom stereocenters. The van der Waals surface area contributed by atoms with Crippen LogP contribution in [-0.2, 0) is 35.0 Å². The summed E-state index contributed by atoms with van der Waals surface area (Å²) >= 11 is 0. The van der Waals surface area contributed by atoms with Crippen LogP contribution in [0.4, 0.5) is 0 Å². The highest BCUT2D eigenvalue weighted by molar-refractivity contribution is 7.62. The summed E-state index contributed by atoms with van der Waals surface area (Å²) in [5, 5.41) is 5.19. The second-order valence-electron chi connectivity index (χ2n) is 10.9. The molecule has 11 heteroatoms. The quantitative estimate of drug-likeness (QED) is 0.309. The van der Waals surface area contributed by atoms with Gasteiger partial charge in [0.2, 0.25) is 29.9 Å². The molecule has 0 spiro atoms. The van der Waals surface area contributed by atoms with E-state index in [1.165, 1.54) is 23.6 Å². The number of hydrogen-bond acceptors (Lipinski definition) is 6. The number of nitrogens with zero attached hydrogens (tertiary/aromatic N) is 2. The average molecular weight is 576 g/mol. The van der Waals surface area contributed by atoms with Gasteiger partial charge in [-0.2, -0.15) is 0 Å². The minimum atomic E-state index is -3.51. The van der Waals surface area contributed by atoms with E-state index in [0.29, 0.717) is 38.6 Å². The SMILES string of the molecule is CCP(=O)(CN(C(=O)CCCc1ccccc1)[C@H]([C]=O)CC(C)C)NC(=O)[C@H](C)NC(=O)[C@@H]1CCCN1C(C)=O. The molecule has 1 fully saturated rings. The summed E-state index contributed by atoms with van der Waals surface area (Å²) in [5.41, 5.74) is 1.09. The van der Waals surface area contributed by atoms with Crippen molar-refractivity contribution < 1.29 is 28.5 Å². The van der Waals surface area contributed by atoms with Crippen molar-refractivity contribution in [1.29, 1.82) is 0 Å². The van der Waals surface area contributed by atoms with Crippen LogP contribution in [0.25, 0.3) is 0 Å². The molecule has 1 aromatic rings. The van der Waals surface area contributed by atoms with Gasteiger partial charge >= 0.3 is 0 Å².